The lowest BCUT2D eigenvalue weighted by Gasteiger charge is -2.05. The van der Waals surface area contributed by atoms with Crippen LogP contribution in [0.1, 0.15) is 146 Å². The standard InChI is InChI=1S/C24H38O3.C16H24O.C9H20.CO2.HI/c1-5-21(3)15-11-9-12-17-22(4)16-10-7-8-13-18-23(25)19-14-20-24(26)27-6-2;1-4-15(2)11-7-5-8-12-16(3)13-9-6-10-14-17;1-4-6-7-8-9(3)5-2;2-1-3;/h7-13,15-16,18,21-23,25H,5-6,14,17,19-20H2,1-4H3;5-11,13-16H,4,12H2,1-3H3;9H,4-8H2,1-3H3;;1H/p-1/b8-7+,12-9-,15-11+,16-10+,18-13-;8-5-,10-6+,11-7+,13-9+;;;/t21-,22+,23-;15-,16-;9-;;/m111../s1. The molecule has 0 saturated heterocycles. The van der Waals surface area contributed by atoms with Crippen LogP contribution < -0.4 is 24.0 Å². The molecule has 0 aromatic heterocycles. The molecule has 6 nitrogen and oxygen atoms in total. The number of aldehydes is 1. The van der Waals surface area contributed by atoms with Crippen LogP contribution in [0.2, 0.25) is 0 Å². The number of unbranched alkanes of at least 4 members (excludes halogenated alkanes) is 2. The summed E-state index contributed by atoms with van der Waals surface area (Å²) in [6.07, 6.45) is 49.7. The first-order valence-corrected chi connectivity index (χ1v) is 21.2. The average Bonchev–Trinajstić information content (AvgIpc) is 3.18. The van der Waals surface area contributed by atoms with Gasteiger partial charge >= 0.3 is 12.1 Å². The van der Waals surface area contributed by atoms with Crippen LogP contribution in [0.15, 0.2) is 109 Å². The molecule has 0 aromatic rings. The Hall–Kier alpha value is -3.13. The highest BCUT2D eigenvalue weighted by Crippen LogP contribution is 2.12. The molecule has 0 bridgehead atoms. The predicted molar refractivity (Wildman–Crippen MR) is 240 cm³/mol. The quantitative estimate of drug-likeness (QED) is 0.0220. The average molecular weight is 906 g/mol. The Balaban J connectivity index is -0.000000255. The third-order valence-electron chi connectivity index (χ3n) is 8.71. The highest BCUT2D eigenvalue weighted by atomic mass is 127. The maximum atomic E-state index is 11.2. The fourth-order valence-corrected chi connectivity index (χ4v) is 4.35. The molecular weight excluding hydrogens is 823 g/mol. The number of allylic oxidation sites excluding steroid dienone is 17. The maximum Gasteiger partial charge on any atom is 0.373 e. The molecule has 0 heterocycles. The Labute approximate surface area is 367 Å². The molecule has 0 fully saturated rings. The molecule has 326 valence electrons. The summed E-state index contributed by atoms with van der Waals surface area (Å²) < 4.78 is 4.85. The fourth-order valence-electron chi connectivity index (χ4n) is 4.35. The van der Waals surface area contributed by atoms with E-state index in [-0.39, 0.29) is 36.1 Å². The van der Waals surface area contributed by atoms with Gasteiger partial charge in [0.25, 0.3) is 0 Å². The van der Waals surface area contributed by atoms with Crippen LogP contribution in [-0.2, 0) is 23.9 Å². The molecule has 0 aromatic carbocycles. The lowest BCUT2D eigenvalue weighted by Crippen LogP contribution is -3.00. The largest absolute Gasteiger partial charge is 1.00 e. The number of rotatable bonds is 27. The molecule has 1 N–H and O–H groups in total. The summed E-state index contributed by atoms with van der Waals surface area (Å²) >= 11 is 0. The zero-order valence-corrected chi connectivity index (χ0v) is 39.7. The van der Waals surface area contributed by atoms with Crippen LogP contribution in [0.3, 0.4) is 0 Å². The van der Waals surface area contributed by atoms with E-state index in [1.54, 1.807) is 19.1 Å². The predicted octanol–water partition coefficient (Wildman–Crippen LogP) is 10.4. The van der Waals surface area contributed by atoms with Gasteiger partial charge in [0.05, 0.1) is 12.7 Å². The smallest absolute Gasteiger partial charge is 0.373 e. The Kier molecular flexibility index (Phi) is 58.5. The minimum Gasteiger partial charge on any atom is -1.00 e. The van der Waals surface area contributed by atoms with Crippen molar-refractivity contribution >= 4 is 18.4 Å². The van der Waals surface area contributed by atoms with Gasteiger partial charge in [-0.3, -0.25) is 9.59 Å². The van der Waals surface area contributed by atoms with Gasteiger partial charge in [0.15, 0.2) is 0 Å². The third kappa shape index (κ3) is 59.7. The van der Waals surface area contributed by atoms with E-state index in [4.69, 9.17) is 14.3 Å². The normalized spacial score (nSPS) is 14.9. The van der Waals surface area contributed by atoms with Crippen molar-refractivity contribution in [3.8, 4) is 0 Å². The zero-order valence-electron chi connectivity index (χ0n) is 37.5. The van der Waals surface area contributed by atoms with E-state index in [2.05, 4.69) is 123 Å². The van der Waals surface area contributed by atoms with Gasteiger partial charge in [-0.15, -0.1) is 0 Å². The number of carbonyl (C=O) groups excluding carboxylic acids is 4. The van der Waals surface area contributed by atoms with Crippen LogP contribution in [0.5, 0.6) is 0 Å². The number of aliphatic hydroxyl groups excluding tert-OH is 1. The van der Waals surface area contributed by atoms with Crippen LogP contribution in [0.25, 0.3) is 0 Å². The van der Waals surface area contributed by atoms with E-state index < -0.39 is 6.10 Å². The van der Waals surface area contributed by atoms with Crippen molar-refractivity contribution < 1.29 is 53.0 Å². The van der Waals surface area contributed by atoms with E-state index in [0.717, 1.165) is 25.0 Å². The molecule has 6 atom stereocenters. The fraction of sp³-hybridized carbons (Fsp3) is 0.580. The van der Waals surface area contributed by atoms with Crippen molar-refractivity contribution in [1.82, 2.24) is 0 Å². The third-order valence-corrected chi connectivity index (χ3v) is 8.71. The molecule has 0 unspecified atom stereocenters. The number of esters is 1. The Morgan fingerprint density at radius 3 is 1.44 bits per heavy atom. The molecule has 0 spiro atoms. The summed E-state index contributed by atoms with van der Waals surface area (Å²) in [5.41, 5.74) is 0. The zero-order chi connectivity index (χ0) is 43.1. The van der Waals surface area contributed by atoms with Gasteiger partial charge in [0.2, 0.25) is 0 Å². The lowest BCUT2D eigenvalue weighted by atomic mass is 10.0. The van der Waals surface area contributed by atoms with Crippen LogP contribution in [0, 0.1) is 29.6 Å². The summed E-state index contributed by atoms with van der Waals surface area (Å²) in [7, 11) is 0. The Morgan fingerprint density at radius 1 is 0.579 bits per heavy atom. The van der Waals surface area contributed by atoms with Gasteiger partial charge in [-0.1, -0.05) is 211 Å². The van der Waals surface area contributed by atoms with Crippen molar-refractivity contribution in [2.75, 3.05) is 6.61 Å². The molecule has 57 heavy (non-hydrogen) atoms. The molecule has 0 rings (SSSR count). The first kappa shape index (κ1) is 63.0. The summed E-state index contributed by atoms with van der Waals surface area (Å²) in [5, 5.41) is 9.82. The van der Waals surface area contributed by atoms with Crippen molar-refractivity contribution in [1.29, 1.82) is 0 Å². The van der Waals surface area contributed by atoms with E-state index in [9.17, 15) is 14.7 Å². The second kappa shape index (κ2) is 52.9. The first-order chi connectivity index (χ1) is 26.9. The molecule has 0 aliphatic rings. The Morgan fingerprint density at radius 2 is 1.02 bits per heavy atom. The first-order valence-electron chi connectivity index (χ1n) is 21.2. The molecule has 0 aliphatic carbocycles. The number of hydrogen-bond acceptors (Lipinski definition) is 6. The van der Waals surface area contributed by atoms with E-state index >= 15 is 0 Å². The van der Waals surface area contributed by atoms with Gasteiger partial charge in [0, 0.05) is 6.42 Å². The van der Waals surface area contributed by atoms with Gasteiger partial charge in [-0.25, -0.2) is 0 Å². The molecule has 7 heteroatoms. The number of hydrogen-bond donors (Lipinski definition) is 1. The van der Waals surface area contributed by atoms with Crippen LogP contribution in [0.4, 0.5) is 0 Å². The van der Waals surface area contributed by atoms with Gasteiger partial charge in [0.1, 0.15) is 6.29 Å². The second-order valence-corrected chi connectivity index (χ2v) is 14.2. The summed E-state index contributed by atoms with van der Waals surface area (Å²) in [5.74, 6) is 3.04. The van der Waals surface area contributed by atoms with Crippen molar-refractivity contribution in [2.24, 2.45) is 29.6 Å². The highest BCUT2D eigenvalue weighted by Gasteiger charge is 2.04. The number of aliphatic hydroxyl groups is 1. The lowest BCUT2D eigenvalue weighted by molar-refractivity contribution is -0.191. The minimum absolute atomic E-state index is 0. The molecular formula is C50H82IO6-. The monoisotopic (exact) mass is 906 g/mol. The van der Waals surface area contributed by atoms with Crippen molar-refractivity contribution in [3.05, 3.63) is 109 Å². The van der Waals surface area contributed by atoms with Gasteiger partial charge in [-0.05, 0) is 68.3 Å². The van der Waals surface area contributed by atoms with Crippen molar-refractivity contribution in [2.45, 2.75) is 152 Å². The van der Waals surface area contributed by atoms with E-state index in [0.29, 0.717) is 49.5 Å². The number of ether oxygens (including phenoxy) is 1. The Bertz CT molecular complexity index is 1180. The van der Waals surface area contributed by atoms with Gasteiger partial charge in [-0.2, -0.15) is 9.59 Å². The second-order valence-electron chi connectivity index (χ2n) is 14.2. The molecule has 0 radical (unpaired) electrons. The van der Waals surface area contributed by atoms with Gasteiger partial charge < -0.3 is 33.8 Å². The molecule has 0 amide bonds. The maximum absolute atomic E-state index is 11.2. The van der Waals surface area contributed by atoms with Crippen LogP contribution >= 0.6 is 0 Å². The van der Waals surface area contributed by atoms with Crippen molar-refractivity contribution in [3.63, 3.8) is 0 Å². The summed E-state index contributed by atoms with van der Waals surface area (Å²) in [6.45, 7) is 22.3. The minimum atomic E-state index is -0.527. The number of carbonyl (C=O) groups is 2. The molecule has 0 aliphatic heterocycles. The topological polar surface area (TPSA) is 97.7 Å². The van der Waals surface area contributed by atoms with Crippen LogP contribution in [-0.4, -0.2) is 36.2 Å². The highest BCUT2D eigenvalue weighted by molar-refractivity contribution is 5.69. The summed E-state index contributed by atoms with van der Waals surface area (Å²) in [4.78, 5) is 37.5. The molecule has 0 saturated carbocycles. The van der Waals surface area contributed by atoms with E-state index in [1.807, 2.05) is 30.4 Å². The van der Waals surface area contributed by atoms with E-state index in [1.165, 1.54) is 51.0 Å². The summed E-state index contributed by atoms with van der Waals surface area (Å²) in [6, 6.07) is 0. The number of halogens is 1. The SMILES string of the molecule is CCCCC[C@H](C)CC.CCOC(=O)CCC[C@H](O)\C=C/C=C/C=C/[C@H](C)C/C=C\C=C\[C@H](C)CC.CC[C@@H](C)/C=C/C=C\C[C@@H](C)/C=C/C=C/C=O.O=C=O.[I-].